The highest BCUT2D eigenvalue weighted by Crippen LogP contribution is 2.32. The molecule has 0 bridgehead atoms. The molecule has 9 heteroatoms. The minimum atomic E-state index is -1.19. The third kappa shape index (κ3) is 3.43. The van der Waals surface area contributed by atoms with Crippen molar-refractivity contribution in [3.63, 3.8) is 0 Å². The normalized spacial score (nSPS) is 21.0. The Morgan fingerprint density at radius 1 is 1.50 bits per heavy atom. The summed E-state index contributed by atoms with van der Waals surface area (Å²) in [7, 11) is 3.39. The van der Waals surface area contributed by atoms with Gasteiger partial charge >= 0.3 is 0 Å². The average molecular weight is 373 g/mol. The van der Waals surface area contributed by atoms with Crippen LogP contribution in [0, 0.1) is 0 Å². The predicted molar refractivity (Wildman–Crippen MR) is 92.7 cm³/mol. The highest BCUT2D eigenvalue weighted by Gasteiger charge is 2.32. The van der Waals surface area contributed by atoms with Crippen LogP contribution in [-0.4, -0.2) is 53.3 Å². The molecule has 24 heavy (non-hydrogen) atoms. The topological polar surface area (TPSA) is 72.6 Å². The van der Waals surface area contributed by atoms with E-state index in [9.17, 15) is 5.11 Å². The fourth-order valence-electron chi connectivity index (χ4n) is 2.92. The molecule has 7 nitrogen and oxygen atoms in total. The molecule has 1 aliphatic rings. The van der Waals surface area contributed by atoms with Crippen LogP contribution >= 0.6 is 22.9 Å². The molecule has 1 saturated heterocycles. The molecule has 3 rings (SSSR count). The van der Waals surface area contributed by atoms with Gasteiger partial charge in [-0.3, -0.25) is 4.57 Å². The first kappa shape index (κ1) is 17.6. The molecule has 2 unspecified atom stereocenters. The van der Waals surface area contributed by atoms with Gasteiger partial charge in [-0.05, 0) is 19.1 Å². The molecule has 2 aromatic heterocycles. The summed E-state index contributed by atoms with van der Waals surface area (Å²) in [6, 6.07) is 3.87. The molecule has 132 valence electrons. The number of halogens is 1. The zero-order chi connectivity index (χ0) is 17.3. The molecule has 1 N–H and O–H groups in total. The van der Waals surface area contributed by atoms with E-state index in [0.29, 0.717) is 31.5 Å². The van der Waals surface area contributed by atoms with Crippen molar-refractivity contribution in [1.29, 1.82) is 0 Å². The van der Waals surface area contributed by atoms with E-state index in [2.05, 4.69) is 15.1 Å². The Hall–Kier alpha value is -1.19. The van der Waals surface area contributed by atoms with Gasteiger partial charge in [0.05, 0.1) is 24.1 Å². The van der Waals surface area contributed by atoms with Gasteiger partial charge < -0.3 is 19.5 Å². The number of rotatable bonds is 5. The summed E-state index contributed by atoms with van der Waals surface area (Å²) in [4.78, 5) is 3.21. The van der Waals surface area contributed by atoms with Gasteiger partial charge in [-0.25, -0.2) is 0 Å². The second kappa shape index (κ2) is 6.97. The van der Waals surface area contributed by atoms with Gasteiger partial charge in [0.2, 0.25) is 5.95 Å². The summed E-state index contributed by atoms with van der Waals surface area (Å²) in [5, 5.41) is 18.9. The summed E-state index contributed by atoms with van der Waals surface area (Å²) in [5.74, 6) is 1.18. The van der Waals surface area contributed by atoms with Gasteiger partial charge in [0, 0.05) is 25.6 Å². The highest BCUT2D eigenvalue weighted by atomic mass is 35.5. The number of hydrogen-bond donors (Lipinski definition) is 1. The van der Waals surface area contributed by atoms with Crippen LogP contribution in [0.2, 0.25) is 4.34 Å². The first-order valence-corrected chi connectivity index (χ1v) is 8.85. The molecular formula is C15H21ClN4O3S. The Bertz CT molecular complexity index is 703. The molecule has 2 aromatic rings. The maximum absolute atomic E-state index is 10.5. The van der Waals surface area contributed by atoms with Crippen LogP contribution in [0.1, 0.15) is 23.7 Å². The predicted octanol–water partition coefficient (Wildman–Crippen LogP) is 1.96. The molecule has 2 atom stereocenters. The minimum Gasteiger partial charge on any atom is -0.381 e. The van der Waals surface area contributed by atoms with E-state index in [1.165, 1.54) is 11.3 Å². The van der Waals surface area contributed by atoms with Crippen molar-refractivity contribution in [2.45, 2.75) is 18.6 Å². The molecule has 0 aliphatic carbocycles. The number of hydrogen-bond acceptors (Lipinski definition) is 7. The van der Waals surface area contributed by atoms with E-state index in [1.807, 2.05) is 23.7 Å². The molecule has 1 fully saturated rings. The maximum atomic E-state index is 10.5. The second-order valence-electron chi connectivity index (χ2n) is 6.04. The fourth-order valence-corrected chi connectivity index (χ4v) is 4.02. The Kier molecular flexibility index (Phi) is 5.12. The van der Waals surface area contributed by atoms with Crippen LogP contribution in [0.4, 0.5) is 5.95 Å². The number of morpholine rings is 1. The molecule has 0 aromatic carbocycles. The van der Waals surface area contributed by atoms with E-state index in [-0.39, 0.29) is 12.7 Å². The van der Waals surface area contributed by atoms with Gasteiger partial charge in [-0.15, -0.1) is 21.5 Å². The van der Waals surface area contributed by atoms with Crippen molar-refractivity contribution >= 4 is 28.9 Å². The summed E-state index contributed by atoms with van der Waals surface area (Å²) in [5.41, 5.74) is -1.19. The lowest BCUT2D eigenvalue weighted by molar-refractivity contribution is -0.0294. The van der Waals surface area contributed by atoms with Crippen LogP contribution in [0.15, 0.2) is 12.1 Å². The monoisotopic (exact) mass is 372 g/mol. The Balaban J connectivity index is 1.80. The number of nitrogens with zero attached hydrogens (tertiary/aromatic N) is 4. The summed E-state index contributed by atoms with van der Waals surface area (Å²) >= 11 is 7.55. The first-order chi connectivity index (χ1) is 11.4. The number of methoxy groups -OCH3 is 1. The molecule has 0 amide bonds. The minimum absolute atomic E-state index is 0.0455. The molecule has 3 heterocycles. The lowest BCUT2D eigenvalue weighted by Gasteiger charge is -2.33. The van der Waals surface area contributed by atoms with Gasteiger partial charge in [-0.2, -0.15) is 0 Å². The third-order valence-corrected chi connectivity index (χ3v) is 5.34. The summed E-state index contributed by atoms with van der Waals surface area (Å²) < 4.78 is 13.5. The summed E-state index contributed by atoms with van der Waals surface area (Å²) in [6.07, 6.45) is -0.0455. The smallest absolute Gasteiger partial charge is 0.227 e. The fraction of sp³-hybridized carbons (Fsp3) is 0.600. The van der Waals surface area contributed by atoms with Crippen molar-refractivity contribution in [2.75, 3.05) is 38.3 Å². The van der Waals surface area contributed by atoms with Crippen LogP contribution in [0.5, 0.6) is 0 Å². The lowest BCUT2D eigenvalue weighted by Crippen LogP contribution is -2.40. The highest BCUT2D eigenvalue weighted by molar-refractivity contribution is 7.16. The van der Waals surface area contributed by atoms with Gasteiger partial charge in [0.1, 0.15) is 11.7 Å². The Morgan fingerprint density at radius 2 is 2.29 bits per heavy atom. The SMILES string of the molecule is COCC(C)(O)c1nnc(N2CCOC(c3ccc(Cl)s3)C2)n1C. The van der Waals surface area contributed by atoms with E-state index in [1.54, 1.807) is 14.0 Å². The van der Waals surface area contributed by atoms with Crippen LogP contribution in [0.25, 0.3) is 0 Å². The number of aliphatic hydroxyl groups is 1. The van der Waals surface area contributed by atoms with E-state index < -0.39 is 5.60 Å². The molecule has 0 radical (unpaired) electrons. The van der Waals surface area contributed by atoms with E-state index >= 15 is 0 Å². The Labute approximate surface area is 149 Å². The van der Waals surface area contributed by atoms with Crippen LogP contribution < -0.4 is 4.90 Å². The zero-order valence-corrected chi connectivity index (χ0v) is 15.5. The lowest BCUT2D eigenvalue weighted by atomic mass is 10.1. The Morgan fingerprint density at radius 3 is 2.96 bits per heavy atom. The maximum Gasteiger partial charge on any atom is 0.227 e. The van der Waals surface area contributed by atoms with E-state index in [4.69, 9.17) is 21.1 Å². The largest absolute Gasteiger partial charge is 0.381 e. The molecule has 0 spiro atoms. The van der Waals surface area contributed by atoms with Gasteiger partial charge in [0.25, 0.3) is 0 Å². The summed E-state index contributed by atoms with van der Waals surface area (Å²) in [6.45, 7) is 3.79. The van der Waals surface area contributed by atoms with Crippen molar-refractivity contribution in [3.05, 3.63) is 27.2 Å². The average Bonchev–Trinajstić information content (AvgIpc) is 3.14. The van der Waals surface area contributed by atoms with Crippen molar-refractivity contribution in [1.82, 2.24) is 14.8 Å². The van der Waals surface area contributed by atoms with E-state index in [0.717, 1.165) is 9.21 Å². The molecule has 0 saturated carbocycles. The third-order valence-electron chi connectivity index (χ3n) is 4.02. The zero-order valence-electron chi connectivity index (χ0n) is 13.9. The first-order valence-electron chi connectivity index (χ1n) is 7.65. The molecule has 1 aliphatic heterocycles. The number of anilines is 1. The van der Waals surface area contributed by atoms with Gasteiger partial charge in [-0.1, -0.05) is 11.6 Å². The molecular weight excluding hydrogens is 352 g/mol. The van der Waals surface area contributed by atoms with Crippen LogP contribution in [-0.2, 0) is 22.1 Å². The van der Waals surface area contributed by atoms with Crippen molar-refractivity contribution in [2.24, 2.45) is 7.05 Å². The quantitative estimate of drug-likeness (QED) is 0.865. The van der Waals surface area contributed by atoms with Gasteiger partial charge in [0.15, 0.2) is 5.82 Å². The van der Waals surface area contributed by atoms with Crippen molar-refractivity contribution in [3.8, 4) is 0 Å². The number of thiophene rings is 1. The number of aromatic nitrogens is 3. The van der Waals surface area contributed by atoms with Crippen molar-refractivity contribution < 1.29 is 14.6 Å². The number of ether oxygens (including phenoxy) is 2. The second-order valence-corrected chi connectivity index (χ2v) is 7.78. The van der Waals surface area contributed by atoms with Crippen LogP contribution in [0.3, 0.4) is 0 Å². The standard InChI is InChI=1S/C15H21ClN4O3S/c1-15(21,9-22-3)13-17-18-14(19(13)2)20-6-7-23-10(8-20)11-4-5-12(16)24-11/h4-5,10,21H,6-9H2,1-3H3.